The van der Waals surface area contributed by atoms with E-state index in [2.05, 4.69) is 78.8 Å². The zero-order valence-electron chi connectivity index (χ0n) is 17.6. The third-order valence-corrected chi connectivity index (χ3v) is 8.45. The summed E-state index contributed by atoms with van der Waals surface area (Å²) >= 11 is 5.70. The molecule has 5 heteroatoms. The molecule has 0 fully saturated rings. The van der Waals surface area contributed by atoms with Gasteiger partial charge in [-0.15, -0.1) is 34.0 Å². The maximum absolute atomic E-state index is 3.85. The maximum Gasteiger partial charge on any atom is 0.0449 e. The van der Waals surface area contributed by atoms with Crippen LogP contribution in [0.5, 0.6) is 0 Å². The molecule has 0 aliphatic rings. The fourth-order valence-corrected chi connectivity index (χ4v) is 6.32. The van der Waals surface area contributed by atoms with Crippen molar-refractivity contribution >= 4 is 39.9 Å². The second-order valence-electron chi connectivity index (χ2n) is 7.11. The topological polar surface area (TPSA) is 15.6 Å². The summed E-state index contributed by atoms with van der Waals surface area (Å²) in [4.78, 5) is 14.5. The number of aliphatic imine (C=N–C) groups is 1. The highest BCUT2D eigenvalue weighted by molar-refractivity contribution is 7.26. The first-order chi connectivity index (χ1) is 14.1. The lowest BCUT2D eigenvalue weighted by molar-refractivity contribution is 0.348. The summed E-state index contributed by atoms with van der Waals surface area (Å²) in [6, 6.07) is 13.6. The smallest absolute Gasteiger partial charge is 0.0449 e. The van der Waals surface area contributed by atoms with Crippen molar-refractivity contribution in [1.82, 2.24) is 4.90 Å². The van der Waals surface area contributed by atoms with Crippen LogP contribution < -0.4 is 0 Å². The second-order valence-corrected chi connectivity index (χ2v) is 10.5. The van der Waals surface area contributed by atoms with Gasteiger partial charge in [-0.2, -0.15) is 0 Å². The van der Waals surface area contributed by atoms with E-state index in [0.29, 0.717) is 0 Å². The first kappa shape index (κ1) is 24.6. The molecule has 2 nitrogen and oxygen atoms in total. The van der Waals surface area contributed by atoms with Crippen LogP contribution in [0, 0.1) is 0 Å². The van der Waals surface area contributed by atoms with E-state index in [0.717, 1.165) is 18.5 Å². The molecule has 0 aromatic carbocycles. The summed E-state index contributed by atoms with van der Waals surface area (Å²) in [5.41, 5.74) is 4.25. The Hall–Kier alpha value is -1.71. The molecule has 3 heterocycles. The fourth-order valence-electron chi connectivity index (χ4n) is 2.99. The molecule has 0 amide bonds. The molecule has 3 rings (SSSR count). The highest BCUT2D eigenvalue weighted by Gasteiger charge is 2.10. The number of rotatable bonds is 9. The van der Waals surface area contributed by atoms with Gasteiger partial charge in [-0.3, -0.25) is 0 Å². The Morgan fingerprint density at radius 2 is 1.50 bits per heavy atom. The Morgan fingerprint density at radius 1 is 0.933 bits per heavy atom. The minimum Gasteiger partial charge on any atom is -0.307 e. The van der Waals surface area contributed by atoms with Gasteiger partial charge in [0.2, 0.25) is 0 Å². The summed E-state index contributed by atoms with van der Waals surface area (Å²) in [6.45, 7) is 6.58. The summed E-state index contributed by atoms with van der Waals surface area (Å²) in [5.74, 6) is 2.79. The Balaban J connectivity index is 0.00000320. The van der Waals surface area contributed by atoms with Gasteiger partial charge in [0.25, 0.3) is 0 Å². The zero-order valence-corrected chi connectivity index (χ0v) is 20.1. The Labute approximate surface area is 193 Å². The van der Waals surface area contributed by atoms with E-state index >= 15 is 0 Å². The van der Waals surface area contributed by atoms with Gasteiger partial charge in [-0.1, -0.05) is 20.1 Å². The molecule has 0 aliphatic carbocycles. The van der Waals surface area contributed by atoms with E-state index in [1.165, 1.54) is 48.6 Å². The SMILES string of the molecule is C.CCN(C)CCCc1ccc(-c2ccc(-c3ccc(CC(C)=C=C=NC)s3)s2)s1. The van der Waals surface area contributed by atoms with Crippen LogP contribution in [0.3, 0.4) is 0 Å². The average molecular weight is 457 g/mol. The second kappa shape index (κ2) is 12.2. The van der Waals surface area contributed by atoms with Gasteiger partial charge in [0, 0.05) is 48.6 Å². The molecule has 0 N–H and O–H groups in total. The van der Waals surface area contributed by atoms with Gasteiger partial charge in [-0.05, 0) is 81.9 Å². The van der Waals surface area contributed by atoms with Gasteiger partial charge in [0.1, 0.15) is 0 Å². The van der Waals surface area contributed by atoms with Crippen LogP contribution in [0.2, 0.25) is 0 Å². The molecule has 0 aliphatic heterocycles. The van der Waals surface area contributed by atoms with Gasteiger partial charge >= 0.3 is 0 Å². The number of nitrogens with zero attached hydrogens (tertiary/aromatic N) is 2. The van der Waals surface area contributed by atoms with Crippen molar-refractivity contribution in [2.24, 2.45) is 4.99 Å². The van der Waals surface area contributed by atoms with Crippen molar-refractivity contribution in [3.05, 3.63) is 57.5 Å². The minimum absolute atomic E-state index is 0. The fraction of sp³-hybridized carbons (Fsp3) is 0.400. The van der Waals surface area contributed by atoms with Crippen molar-refractivity contribution in [2.45, 2.75) is 40.5 Å². The van der Waals surface area contributed by atoms with Gasteiger partial charge in [-0.25, -0.2) is 4.99 Å². The zero-order chi connectivity index (χ0) is 20.6. The third kappa shape index (κ3) is 6.92. The number of allylic oxidation sites excluding steroid dienone is 1. The van der Waals surface area contributed by atoms with Crippen LogP contribution >= 0.6 is 34.0 Å². The van der Waals surface area contributed by atoms with Gasteiger partial charge in [0.05, 0.1) is 0 Å². The molecule has 0 atom stereocenters. The predicted octanol–water partition coefficient (Wildman–Crippen LogP) is 7.67. The summed E-state index contributed by atoms with van der Waals surface area (Å²) < 4.78 is 0. The summed E-state index contributed by atoms with van der Waals surface area (Å²) in [6.07, 6.45) is 3.31. The monoisotopic (exact) mass is 456 g/mol. The molecular weight excluding hydrogens is 424 g/mol. The van der Waals surface area contributed by atoms with E-state index in [-0.39, 0.29) is 7.43 Å². The molecule has 0 bridgehead atoms. The van der Waals surface area contributed by atoms with E-state index in [1.54, 1.807) is 7.05 Å². The molecule has 3 aromatic rings. The van der Waals surface area contributed by atoms with Gasteiger partial charge < -0.3 is 4.90 Å². The minimum atomic E-state index is 0. The van der Waals surface area contributed by atoms with Crippen LogP contribution in [0.1, 0.15) is 37.4 Å². The third-order valence-electron chi connectivity index (χ3n) is 4.74. The first-order valence-electron chi connectivity index (χ1n) is 9.98. The first-order valence-corrected chi connectivity index (χ1v) is 12.4. The molecule has 3 aromatic heterocycles. The van der Waals surface area contributed by atoms with E-state index in [4.69, 9.17) is 0 Å². The van der Waals surface area contributed by atoms with Crippen LogP contribution in [0.15, 0.2) is 52.7 Å². The van der Waals surface area contributed by atoms with Crippen LogP contribution in [-0.4, -0.2) is 38.0 Å². The number of hydrogen-bond acceptors (Lipinski definition) is 5. The molecule has 0 spiro atoms. The van der Waals surface area contributed by atoms with E-state index in [1.807, 2.05) is 34.0 Å². The van der Waals surface area contributed by atoms with Crippen molar-refractivity contribution < 1.29 is 0 Å². The van der Waals surface area contributed by atoms with Gasteiger partial charge in [0.15, 0.2) is 0 Å². The van der Waals surface area contributed by atoms with Crippen molar-refractivity contribution in [2.75, 3.05) is 27.2 Å². The van der Waals surface area contributed by atoms with Crippen molar-refractivity contribution in [3.63, 3.8) is 0 Å². The molecular formula is C25H32N2S3. The van der Waals surface area contributed by atoms with Crippen LogP contribution in [-0.2, 0) is 12.8 Å². The van der Waals surface area contributed by atoms with Crippen LogP contribution in [0.4, 0.5) is 0 Å². The van der Waals surface area contributed by atoms with Crippen molar-refractivity contribution in [3.8, 4) is 19.5 Å². The Morgan fingerprint density at radius 3 is 2.13 bits per heavy atom. The van der Waals surface area contributed by atoms with Crippen LogP contribution in [0.25, 0.3) is 19.5 Å². The summed E-state index contributed by atoms with van der Waals surface area (Å²) in [7, 11) is 3.91. The number of thiophene rings is 3. The number of hydrogen-bond donors (Lipinski definition) is 0. The largest absolute Gasteiger partial charge is 0.307 e. The molecule has 0 radical (unpaired) electrons. The summed E-state index contributed by atoms with van der Waals surface area (Å²) in [5, 5.41) is 0. The normalized spacial score (nSPS) is 10.4. The molecule has 0 saturated heterocycles. The number of aryl methyl sites for hydroxylation is 1. The van der Waals surface area contributed by atoms with E-state index < -0.39 is 0 Å². The van der Waals surface area contributed by atoms with E-state index in [9.17, 15) is 0 Å². The maximum atomic E-state index is 3.85. The lowest BCUT2D eigenvalue weighted by Gasteiger charge is -2.12. The molecule has 30 heavy (non-hydrogen) atoms. The molecule has 0 unspecified atom stereocenters. The Bertz CT molecular complexity index is 1020. The standard InChI is InChI=1S/C24H28N2S3.CH4/c1-5-26(4)16-6-7-19-8-10-21(27-19)23-12-13-24(29-23)22-11-9-20(28-22)17-18(2)14-15-25-3;/h8-13H,5-7,16-17H2,1-4H3;1H4. The highest BCUT2D eigenvalue weighted by atomic mass is 32.1. The Kier molecular flexibility index (Phi) is 10.0. The van der Waals surface area contributed by atoms with Crippen molar-refractivity contribution in [1.29, 1.82) is 0 Å². The lowest BCUT2D eigenvalue weighted by Crippen LogP contribution is -2.18. The highest BCUT2D eigenvalue weighted by Crippen LogP contribution is 2.40. The average Bonchev–Trinajstić information content (AvgIpc) is 3.46. The lowest BCUT2D eigenvalue weighted by atomic mass is 10.2. The molecule has 160 valence electrons. The predicted molar refractivity (Wildman–Crippen MR) is 139 cm³/mol. The quantitative estimate of drug-likeness (QED) is 0.238. The molecule has 0 saturated carbocycles.